The topological polar surface area (TPSA) is 51.9 Å². The lowest BCUT2D eigenvalue weighted by atomic mass is 10.3. The highest BCUT2D eigenvalue weighted by molar-refractivity contribution is 5.40. The van der Waals surface area contributed by atoms with Crippen LogP contribution in [0.15, 0.2) is 35.6 Å². The van der Waals surface area contributed by atoms with Crippen molar-refractivity contribution in [2.45, 2.75) is 33.5 Å². The predicted octanol–water partition coefficient (Wildman–Crippen LogP) is 1.70. The van der Waals surface area contributed by atoms with Gasteiger partial charge in [0.25, 0.3) is 5.56 Å². The van der Waals surface area contributed by atoms with Crippen LogP contribution in [0.5, 0.6) is 0 Å². The van der Waals surface area contributed by atoms with E-state index in [1.54, 1.807) is 16.7 Å². The average Bonchev–Trinajstić information content (AvgIpc) is 2.85. The molecule has 2 rings (SSSR count). The molecule has 2 aromatic rings. The van der Waals surface area contributed by atoms with Crippen molar-refractivity contribution >= 4 is 5.69 Å². The van der Waals surface area contributed by atoms with E-state index in [-0.39, 0.29) is 5.56 Å². The number of pyridine rings is 1. The Kier molecular flexibility index (Phi) is 3.82. The van der Waals surface area contributed by atoms with E-state index in [1.807, 2.05) is 25.6 Å². The van der Waals surface area contributed by atoms with Crippen LogP contribution in [-0.4, -0.2) is 14.1 Å². The van der Waals surface area contributed by atoms with Crippen LogP contribution in [0, 0.1) is 0 Å². The molecule has 0 fully saturated rings. The van der Waals surface area contributed by atoms with Crippen LogP contribution < -0.4 is 10.9 Å². The minimum atomic E-state index is 0.0293. The summed E-state index contributed by atoms with van der Waals surface area (Å²) in [5.41, 5.74) is 2.11. The van der Waals surface area contributed by atoms with Gasteiger partial charge in [-0.2, -0.15) is 0 Å². The van der Waals surface area contributed by atoms with E-state index in [2.05, 4.69) is 21.8 Å². The monoisotopic (exact) mass is 246 g/mol. The first-order valence-corrected chi connectivity index (χ1v) is 6.18. The summed E-state index contributed by atoms with van der Waals surface area (Å²) in [6, 6.07) is 3.39. The van der Waals surface area contributed by atoms with Crippen LogP contribution in [-0.2, 0) is 19.6 Å². The molecule has 5 heteroatoms. The van der Waals surface area contributed by atoms with Crippen molar-refractivity contribution in [1.82, 2.24) is 14.1 Å². The molecule has 5 nitrogen and oxygen atoms in total. The molecule has 0 amide bonds. The number of aryl methyl sites for hydroxylation is 2. The van der Waals surface area contributed by atoms with Crippen molar-refractivity contribution in [1.29, 1.82) is 0 Å². The van der Waals surface area contributed by atoms with E-state index in [9.17, 15) is 4.79 Å². The van der Waals surface area contributed by atoms with Crippen LogP contribution in [0.1, 0.15) is 19.5 Å². The Labute approximate surface area is 106 Å². The van der Waals surface area contributed by atoms with Gasteiger partial charge in [-0.25, -0.2) is 4.98 Å². The fraction of sp³-hybridized carbons (Fsp3) is 0.385. The SMILES string of the molecule is CCn1cncc1CNc1ccc(=O)n(CC)c1. The van der Waals surface area contributed by atoms with E-state index < -0.39 is 0 Å². The standard InChI is InChI=1S/C13H18N4O/c1-3-16-9-11(5-6-13(16)18)15-8-12-7-14-10-17(12)4-2/h5-7,9-10,15H,3-4,8H2,1-2H3. The summed E-state index contributed by atoms with van der Waals surface area (Å²) in [7, 11) is 0. The van der Waals surface area contributed by atoms with Crippen molar-refractivity contribution in [3.63, 3.8) is 0 Å². The maximum atomic E-state index is 11.5. The van der Waals surface area contributed by atoms with Gasteiger partial charge in [-0.3, -0.25) is 4.79 Å². The lowest BCUT2D eigenvalue weighted by molar-refractivity contribution is 0.715. The van der Waals surface area contributed by atoms with Gasteiger partial charge < -0.3 is 14.5 Å². The number of imidazole rings is 1. The van der Waals surface area contributed by atoms with Gasteiger partial charge >= 0.3 is 0 Å². The molecule has 2 heterocycles. The molecule has 1 N–H and O–H groups in total. The molecule has 18 heavy (non-hydrogen) atoms. The number of rotatable bonds is 5. The molecule has 0 spiro atoms. The molecular formula is C13H18N4O. The van der Waals surface area contributed by atoms with Gasteiger partial charge in [0.1, 0.15) is 0 Å². The molecule has 0 saturated carbocycles. The van der Waals surface area contributed by atoms with Crippen molar-refractivity contribution in [3.8, 4) is 0 Å². The summed E-state index contributed by atoms with van der Waals surface area (Å²) in [5.74, 6) is 0. The van der Waals surface area contributed by atoms with E-state index in [0.29, 0.717) is 13.1 Å². The predicted molar refractivity (Wildman–Crippen MR) is 71.6 cm³/mol. The van der Waals surface area contributed by atoms with Gasteiger partial charge in [-0.15, -0.1) is 0 Å². The zero-order chi connectivity index (χ0) is 13.0. The average molecular weight is 246 g/mol. The fourth-order valence-electron chi connectivity index (χ4n) is 1.86. The molecule has 0 aliphatic heterocycles. The lowest BCUT2D eigenvalue weighted by Gasteiger charge is -2.10. The lowest BCUT2D eigenvalue weighted by Crippen LogP contribution is -2.18. The summed E-state index contributed by atoms with van der Waals surface area (Å²) in [6.45, 7) is 6.34. The van der Waals surface area contributed by atoms with Crippen LogP contribution in [0.2, 0.25) is 0 Å². The highest BCUT2D eigenvalue weighted by atomic mass is 16.1. The van der Waals surface area contributed by atoms with E-state index in [1.165, 1.54) is 0 Å². The molecule has 0 unspecified atom stereocenters. The third-order valence-electron chi connectivity index (χ3n) is 2.94. The first-order chi connectivity index (χ1) is 8.74. The Morgan fingerprint density at radius 3 is 2.72 bits per heavy atom. The number of aromatic nitrogens is 3. The van der Waals surface area contributed by atoms with Crippen LogP contribution in [0.3, 0.4) is 0 Å². The third-order valence-corrected chi connectivity index (χ3v) is 2.94. The van der Waals surface area contributed by atoms with Crippen LogP contribution >= 0.6 is 0 Å². The largest absolute Gasteiger partial charge is 0.378 e. The van der Waals surface area contributed by atoms with Gasteiger partial charge in [0.2, 0.25) is 0 Å². The summed E-state index contributed by atoms with van der Waals surface area (Å²) < 4.78 is 3.77. The fourth-order valence-corrected chi connectivity index (χ4v) is 1.86. The highest BCUT2D eigenvalue weighted by Crippen LogP contribution is 2.07. The normalized spacial score (nSPS) is 10.6. The second kappa shape index (κ2) is 5.53. The third kappa shape index (κ3) is 2.61. The van der Waals surface area contributed by atoms with E-state index in [0.717, 1.165) is 17.9 Å². The minimum Gasteiger partial charge on any atom is -0.378 e. The zero-order valence-electron chi connectivity index (χ0n) is 10.8. The molecule has 0 saturated heterocycles. The molecular weight excluding hydrogens is 228 g/mol. The smallest absolute Gasteiger partial charge is 0.250 e. The Hall–Kier alpha value is -2.04. The summed E-state index contributed by atoms with van der Waals surface area (Å²) in [6.07, 6.45) is 5.52. The number of nitrogens with one attached hydrogen (secondary N) is 1. The van der Waals surface area contributed by atoms with Gasteiger partial charge in [0.15, 0.2) is 0 Å². The zero-order valence-corrected chi connectivity index (χ0v) is 10.8. The number of anilines is 1. The second-order valence-electron chi connectivity index (χ2n) is 4.07. The summed E-state index contributed by atoms with van der Waals surface area (Å²) in [4.78, 5) is 15.6. The molecule has 0 radical (unpaired) electrons. The maximum Gasteiger partial charge on any atom is 0.250 e. The van der Waals surface area contributed by atoms with E-state index in [4.69, 9.17) is 0 Å². The highest BCUT2D eigenvalue weighted by Gasteiger charge is 2.01. The van der Waals surface area contributed by atoms with E-state index >= 15 is 0 Å². The number of nitrogens with zero attached hydrogens (tertiary/aromatic N) is 3. The van der Waals surface area contributed by atoms with Crippen molar-refractivity contribution in [2.24, 2.45) is 0 Å². The van der Waals surface area contributed by atoms with Crippen molar-refractivity contribution in [2.75, 3.05) is 5.32 Å². The van der Waals surface area contributed by atoms with Gasteiger partial charge in [-0.1, -0.05) is 0 Å². The van der Waals surface area contributed by atoms with Crippen LogP contribution in [0.4, 0.5) is 5.69 Å². The molecule has 0 atom stereocenters. The Balaban J connectivity index is 2.08. The number of hydrogen-bond donors (Lipinski definition) is 1. The summed E-state index contributed by atoms with van der Waals surface area (Å²) in [5, 5.41) is 3.30. The quantitative estimate of drug-likeness (QED) is 0.873. The Bertz CT molecular complexity index is 570. The first kappa shape index (κ1) is 12.4. The van der Waals surface area contributed by atoms with Gasteiger partial charge in [-0.05, 0) is 19.9 Å². The summed E-state index contributed by atoms with van der Waals surface area (Å²) >= 11 is 0. The van der Waals surface area contributed by atoms with Gasteiger partial charge in [0.05, 0.1) is 24.3 Å². The maximum absolute atomic E-state index is 11.5. The molecule has 96 valence electrons. The Morgan fingerprint density at radius 1 is 1.22 bits per heavy atom. The number of hydrogen-bond acceptors (Lipinski definition) is 3. The van der Waals surface area contributed by atoms with Crippen molar-refractivity contribution < 1.29 is 0 Å². The van der Waals surface area contributed by atoms with Crippen LogP contribution in [0.25, 0.3) is 0 Å². The Morgan fingerprint density at radius 2 is 2.00 bits per heavy atom. The van der Waals surface area contributed by atoms with Gasteiger partial charge in [0, 0.05) is 31.5 Å². The second-order valence-corrected chi connectivity index (χ2v) is 4.07. The minimum absolute atomic E-state index is 0.0293. The molecule has 2 aromatic heterocycles. The van der Waals surface area contributed by atoms with Crippen molar-refractivity contribution in [3.05, 3.63) is 46.9 Å². The molecule has 0 aliphatic rings. The first-order valence-electron chi connectivity index (χ1n) is 6.18. The molecule has 0 aliphatic carbocycles. The molecule has 0 bridgehead atoms. The molecule has 0 aromatic carbocycles.